The van der Waals surface area contributed by atoms with Crippen molar-refractivity contribution < 1.29 is 9.59 Å². The third-order valence-corrected chi connectivity index (χ3v) is 4.98. The molecule has 0 bridgehead atoms. The van der Waals surface area contributed by atoms with E-state index in [0.29, 0.717) is 26.4 Å². The molecule has 1 aromatic heterocycles. The van der Waals surface area contributed by atoms with E-state index in [1.165, 1.54) is 11.3 Å². The second-order valence-corrected chi connectivity index (χ2v) is 6.96. The number of aryl methyl sites for hydroxylation is 1. The second-order valence-electron chi connectivity index (χ2n) is 5.52. The number of hydrogen-bond acceptors (Lipinski definition) is 4. The summed E-state index contributed by atoms with van der Waals surface area (Å²) in [5, 5.41) is 6.28. The number of carbonyl (C=O) groups is 2. The summed E-state index contributed by atoms with van der Waals surface area (Å²) in [4.78, 5) is 31.2. The van der Waals surface area contributed by atoms with Gasteiger partial charge >= 0.3 is 6.03 Å². The van der Waals surface area contributed by atoms with E-state index in [1.54, 1.807) is 31.2 Å². The van der Waals surface area contributed by atoms with Gasteiger partial charge in [0.05, 0.1) is 5.69 Å². The quantitative estimate of drug-likeness (QED) is 0.864. The third-order valence-electron chi connectivity index (χ3n) is 3.69. The molecule has 1 aromatic carbocycles. The van der Waals surface area contributed by atoms with Gasteiger partial charge in [0.15, 0.2) is 5.13 Å². The van der Waals surface area contributed by atoms with Crippen LogP contribution in [-0.4, -0.2) is 34.9 Å². The Hall–Kier alpha value is -2.12. The molecular weight excluding hydrogens is 348 g/mol. The second kappa shape index (κ2) is 7.19. The highest BCUT2D eigenvalue weighted by molar-refractivity contribution is 7.17. The highest BCUT2D eigenvalue weighted by atomic mass is 35.5. The Labute approximate surface area is 148 Å². The fourth-order valence-electron chi connectivity index (χ4n) is 2.54. The first-order valence-corrected chi connectivity index (χ1v) is 8.82. The zero-order valence-corrected chi connectivity index (χ0v) is 14.7. The van der Waals surface area contributed by atoms with Crippen molar-refractivity contribution in [2.24, 2.45) is 0 Å². The van der Waals surface area contributed by atoms with E-state index in [2.05, 4.69) is 15.6 Å². The molecule has 24 heavy (non-hydrogen) atoms. The number of benzene rings is 1. The monoisotopic (exact) mass is 364 g/mol. The molecule has 0 unspecified atom stereocenters. The van der Waals surface area contributed by atoms with Crippen LogP contribution >= 0.6 is 22.9 Å². The molecule has 1 fully saturated rings. The lowest BCUT2D eigenvalue weighted by molar-refractivity contribution is 0.0796. The summed E-state index contributed by atoms with van der Waals surface area (Å²) in [5.41, 5.74) is 1.22. The summed E-state index contributed by atoms with van der Waals surface area (Å²) < 4.78 is 0. The largest absolute Gasteiger partial charge is 0.338 e. The zero-order valence-electron chi connectivity index (χ0n) is 13.1. The molecule has 1 saturated heterocycles. The Morgan fingerprint density at radius 3 is 2.71 bits per heavy atom. The predicted octanol–water partition coefficient (Wildman–Crippen LogP) is 3.98. The normalized spacial score (nSPS) is 13.8. The van der Waals surface area contributed by atoms with Gasteiger partial charge in [-0.25, -0.2) is 9.78 Å². The molecule has 2 N–H and O–H groups in total. The maximum absolute atomic E-state index is 12.4. The van der Waals surface area contributed by atoms with Gasteiger partial charge in [0.2, 0.25) is 0 Å². The van der Waals surface area contributed by atoms with Crippen LogP contribution in [0.2, 0.25) is 5.02 Å². The van der Waals surface area contributed by atoms with Gasteiger partial charge in [-0.15, -0.1) is 0 Å². The molecule has 2 aromatic rings. The van der Waals surface area contributed by atoms with E-state index < -0.39 is 6.03 Å². The Kier molecular flexibility index (Phi) is 5.01. The Bertz CT molecular complexity index is 771. The van der Waals surface area contributed by atoms with Crippen LogP contribution in [0.5, 0.6) is 0 Å². The van der Waals surface area contributed by atoms with Gasteiger partial charge in [-0.2, -0.15) is 0 Å². The number of urea groups is 1. The fourth-order valence-corrected chi connectivity index (χ4v) is 3.66. The molecule has 3 amide bonds. The molecule has 126 valence electrons. The number of amides is 3. The van der Waals surface area contributed by atoms with Crippen molar-refractivity contribution in [3.05, 3.63) is 39.9 Å². The van der Waals surface area contributed by atoms with Gasteiger partial charge < -0.3 is 10.2 Å². The van der Waals surface area contributed by atoms with Crippen LogP contribution < -0.4 is 10.6 Å². The number of halogens is 1. The van der Waals surface area contributed by atoms with Crippen LogP contribution in [0.25, 0.3) is 0 Å². The molecule has 2 heterocycles. The zero-order chi connectivity index (χ0) is 17.1. The van der Waals surface area contributed by atoms with E-state index in [9.17, 15) is 9.59 Å². The third kappa shape index (κ3) is 3.85. The first-order chi connectivity index (χ1) is 11.5. The Balaban J connectivity index is 1.66. The van der Waals surface area contributed by atoms with Crippen molar-refractivity contribution in [3.63, 3.8) is 0 Å². The van der Waals surface area contributed by atoms with Gasteiger partial charge in [-0.3, -0.25) is 10.1 Å². The number of aromatic nitrogens is 1. The lowest BCUT2D eigenvalue weighted by Crippen LogP contribution is -2.27. The number of thiazole rings is 1. The minimum absolute atomic E-state index is 0.00852. The van der Waals surface area contributed by atoms with Gasteiger partial charge in [0.1, 0.15) is 4.88 Å². The van der Waals surface area contributed by atoms with Crippen LogP contribution in [0.4, 0.5) is 15.6 Å². The highest BCUT2D eigenvalue weighted by Gasteiger charge is 2.24. The van der Waals surface area contributed by atoms with Crippen molar-refractivity contribution in [2.45, 2.75) is 19.8 Å². The van der Waals surface area contributed by atoms with Gasteiger partial charge in [-0.1, -0.05) is 29.0 Å². The maximum Gasteiger partial charge on any atom is 0.325 e. The molecule has 0 atom stereocenters. The molecule has 8 heteroatoms. The first-order valence-electron chi connectivity index (χ1n) is 7.63. The maximum atomic E-state index is 12.4. The number of likely N-dealkylation sites (tertiary alicyclic amines) is 1. The number of nitrogens with zero attached hydrogens (tertiary/aromatic N) is 2. The average Bonchev–Trinajstić information content (AvgIpc) is 3.16. The van der Waals surface area contributed by atoms with Crippen LogP contribution in [0.15, 0.2) is 24.3 Å². The first kappa shape index (κ1) is 16.7. The van der Waals surface area contributed by atoms with E-state index in [0.717, 1.165) is 25.9 Å². The summed E-state index contributed by atoms with van der Waals surface area (Å²) in [6.45, 7) is 3.35. The van der Waals surface area contributed by atoms with Crippen molar-refractivity contribution in [1.29, 1.82) is 0 Å². The molecule has 0 spiro atoms. The summed E-state index contributed by atoms with van der Waals surface area (Å²) in [6, 6.07) is 6.44. The standard InChI is InChI=1S/C16H17ClN4O2S/c1-10-13(14(22)21-7-2-3-8-21)24-16(18-10)20-15(23)19-12-6-4-5-11(17)9-12/h4-6,9H,2-3,7-8H2,1H3,(H2,18,19,20,23). The molecule has 6 nitrogen and oxygen atoms in total. The molecule has 0 radical (unpaired) electrons. The minimum Gasteiger partial charge on any atom is -0.338 e. The fraction of sp³-hybridized carbons (Fsp3) is 0.312. The van der Waals surface area contributed by atoms with E-state index in [-0.39, 0.29) is 5.91 Å². The molecule has 1 aliphatic rings. The molecule has 0 saturated carbocycles. The number of hydrogen-bond donors (Lipinski definition) is 2. The van der Waals surface area contributed by atoms with Crippen molar-refractivity contribution in [3.8, 4) is 0 Å². The van der Waals surface area contributed by atoms with Crippen molar-refractivity contribution >= 4 is 45.7 Å². The van der Waals surface area contributed by atoms with Crippen LogP contribution in [0.3, 0.4) is 0 Å². The van der Waals surface area contributed by atoms with Crippen LogP contribution in [0.1, 0.15) is 28.2 Å². The van der Waals surface area contributed by atoms with E-state index >= 15 is 0 Å². The molecule has 3 rings (SSSR count). The van der Waals surface area contributed by atoms with Gasteiger partial charge in [0.25, 0.3) is 5.91 Å². The lowest BCUT2D eigenvalue weighted by Gasteiger charge is -2.13. The summed E-state index contributed by atoms with van der Waals surface area (Å²) >= 11 is 7.08. The van der Waals surface area contributed by atoms with Gasteiger partial charge in [-0.05, 0) is 38.0 Å². The summed E-state index contributed by atoms with van der Waals surface area (Å²) in [5.74, 6) is -0.00852. The molecular formula is C16H17ClN4O2S. The van der Waals surface area contributed by atoms with Crippen molar-refractivity contribution in [2.75, 3.05) is 23.7 Å². The number of anilines is 2. The molecule has 0 aliphatic carbocycles. The summed E-state index contributed by atoms with van der Waals surface area (Å²) in [7, 11) is 0. The van der Waals surface area contributed by atoms with E-state index in [4.69, 9.17) is 11.6 Å². The number of carbonyl (C=O) groups excluding carboxylic acids is 2. The number of rotatable bonds is 3. The topological polar surface area (TPSA) is 74.3 Å². The molecule has 1 aliphatic heterocycles. The number of nitrogens with one attached hydrogen (secondary N) is 2. The average molecular weight is 365 g/mol. The van der Waals surface area contributed by atoms with Crippen LogP contribution in [0, 0.1) is 6.92 Å². The smallest absolute Gasteiger partial charge is 0.325 e. The van der Waals surface area contributed by atoms with Crippen molar-refractivity contribution in [1.82, 2.24) is 9.88 Å². The van der Waals surface area contributed by atoms with Gasteiger partial charge in [0, 0.05) is 23.8 Å². The minimum atomic E-state index is -0.425. The predicted molar refractivity (Wildman–Crippen MR) is 96.1 cm³/mol. The lowest BCUT2D eigenvalue weighted by atomic mass is 10.3. The van der Waals surface area contributed by atoms with E-state index in [1.807, 2.05) is 4.90 Å². The SMILES string of the molecule is Cc1nc(NC(=O)Nc2cccc(Cl)c2)sc1C(=O)N1CCCC1. The Morgan fingerprint density at radius 1 is 1.25 bits per heavy atom. The summed E-state index contributed by atoms with van der Waals surface area (Å²) in [6.07, 6.45) is 2.08. The Morgan fingerprint density at radius 2 is 2.00 bits per heavy atom. The van der Waals surface area contributed by atoms with Crippen LogP contribution in [-0.2, 0) is 0 Å². The highest BCUT2D eigenvalue weighted by Crippen LogP contribution is 2.25.